The van der Waals surface area contributed by atoms with Gasteiger partial charge in [-0.15, -0.1) is 0 Å². The number of para-hydroxylation sites is 1. The van der Waals surface area contributed by atoms with E-state index < -0.39 is 11.9 Å². The molecule has 5 nitrogen and oxygen atoms in total. The third kappa shape index (κ3) is 4.70. The molecule has 0 bridgehead atoms. The number of pyridine rings is 1. The minimum Gasteiger partial charge on any atom is -0.489 e. The fraction of sp³-hybridized carbons (Fsp3) is 0.227. The Hall–Kier alpha value is -3.21. The van der Waals surface area contributed by atoms with E-state index in [1.165, 1.54) is 0 Å². The first-order valence-electron chi connectivity index (χ1n) is 8.87. The Morgan fingerprint density at radius 2 is 1.81 bits per heavy atom. The van der Waals surface area contributed by atoms with Crippen LogP contribution in [0.3, 0.4) is 0 Å². The van der Waals surface area contributed by atoms with Gasteiger partial charge in [0.05, 0.1) is 5.52 Å². The van der Waals surface area contributed by atoms with Crippen LogP contribution in [0.1, 0.15) is 24.5 Å². The van der Waals surface area contributed by atoms with Crippen LogP contribution in [0.5, 0.6) is 5.75 Å². The maximum Gasteiger partial charge on any atom is 0.314 e. The predicted molar refractivity (Wildman–Crippen MR) is 103 cm³/mol. The Morgan fingerprint density at radius 3 is 2.52 bits per heavy atom. The molecule has 0 fully saturated rings. The molecule has 0 radical (unpaired) electrons. The van der Waals surface area contributed by atoms with Crippen molar-refractivity contribution in [3.63, 3.8) is 0 Å². The first-order chi connectivity index (χ1) is 13.1. The van der Waals surface area contributed by atoms with Gasteiger partial charge in [0.1, 0.15) is 24.1 Å². The van der Waals surface area contributed by atoms with Crippen LogP contribution in [-0.4, -0.2) is 21.8 Å². The van der Waals surface area contributed by atoms with Gasteiger partial charge >= 0.3 is 5.97 Å². The standard InChI is InChI=1S/C22H21NO4/c1-2-21(24)19(22(25)26)12-15-7-9-18(10-8-15)27-14-16-11-17-5-3-4-6-20(17)23-13-16/h3-11,13,19H,2,12,14H2,1H3,(H,25,26). The van der Waals surface area contributed by atoms with E-state index in [0.717, 1.165) is 22.0 Å². The lowest BCUT2D eigenvalue weighted by atomic mass is 9.94. The summed E-state index contributed by atoms with van der Waals surface area (Å²) < 4.78 is 5.79. The third-order valence-corrected chi connectivity index (χ3v) is 4.45. The second-order valence-corrected chi connectivity index (χ2v) is 6.38. The molecule has 1 unspecified atom stereocenters. The summed E-state index contributed by atoms with van der Waals surface area (Å²) in [6.07, 6.45) is 2.21. The van der Waals surface area contributed by atoms with Crippen LogP contribution < -0.4 is 4.74 Å². The summed E-state index contributed by atoms with van der Waals surface area (Å²) in [6.45, 7) is 2.07. The second-order valence-electron chi connectivity index (χ2n) is 6.38. The molecule has 0 amide bonds. The number of ketones is 1. The molecule has 5 heteroatoms. The van der Waals surface area contributed by atoms with Gasteiger partial charge in [-0.1, -0.05) is 37.3 Å². The zero-order valence-corrected chi connectivity index (χ0v) is 15.1. The number of rotatable bonds is 8. The molecule has 1 atom stereocenters. The zero-order chi connectivity index (χ0) is 19.2. The van der Waals surface area contributed by atoms with Crippen LogP contribution in [0.15, 0.2) is 60.8 Å². The van der Waals surface area contributed by atoms with E-state index in [2.05, 4.69) is 4.98 Å². The van der Waals surface area contributed by atoms with Crippen molar-refractivity contribution in [2.24, 2.45) is 5.92 Å². The molecule has 0 spiro atoms. The van der Waals surface area contributed by atoms with Crippen molar-refractivity contribution in [1.82, 2.24) is 4.98 Å². The molecule has 1 heterocycles. The zero-order valence-electron chi connectivity index (χ0n) is 15.1. The number of hydrogen-bond acceptors (Lipinski definition) is 4. The van der Waals surface area contributed by atoms with Crippen molar-refractivity contribution < 1.29 is 19.4 Å². The predicted octanol–water partition coefficient (Wildman–Crippen LogP) is 4.04. The van der Waals surface area contributed by atoms with Gasteiger partial charge in [-0.05, 0) is 36.2 Å². The van der Waals surface area contributed by atoms with Crippen molar-refractivity contribution >= 4 is 22.7 Å². The van der Waals surface area contributed by atoms with Gasteiger partial charge in [0, 0.05) is 23.6 Å². The van der Waals surface area contributed by atoms with Crippen LogP contribution >= 0.6 is 0 Å². The maximum atomic E-state index is 11.8. The van der Waals surface area contributed by atoms with E-state index in [4.69, 9.17) is 4.74 Å². The fourth-order valence-corrected chi connectivity index (χ4v) is 2.90. The third-order valence-electron chi connectivity index (χ3n) is 4.45. The highest BCUT2D eigenvalue weighted by Crippen LogP contribution is 2.19. The topological polar surface area (TPSA) is 76.5 Å². The lowest BCUT2D eigenvalue weighted by Crippen LogP contribution is -2.25. The number of Topliss-reactive ketones (excluding diaryl/α,β-unsaturated/α-hetero) is 1. The average molecular weight is 363 g/mol. The Balaban J connectivity index is 1.63. The van der Waals surface area contributed by atoms with Gasteiger partial charge < -0.3 is 9.84 Å². The number of aromatic nitrogens is 1. The number of aliphatic carboxylic acids is 1. The monoisotopic (exact) mass is 363 g/mol. The molecule has 0 aliphatic rings. The van der Waals surface area contributed by atoms with Gasteiger partial charge in [0.2, 0.25) is 0 Å². The molecule has 138 valence electrons. The average Bonchev–Trinajstić information content (AvgIpc) is 2.70. The molecule has 1 aromatic heterocycles. The minimum absolute atomic E-state index is 0.191. The molecular weight excluding hydrogens is 342 g/mol. The number of carboxylic acid groups (broad SMARTS) is 1. The quantitative estimate of drug-likeness (QED) is 0.611. The number of carbonyl (C=O) groups excluding carboxylic acids is 1. The van der Waals surface area contributed by atoms with Gasteiger partial charge in [-0.25, -0.2) is 0 Å². The molecular formula is C22H21NO4. The van der Waals surface area contributed by atoms with Crippen molar-refractivity contribution in [3.8, 4) is 5.75 Å². The van der Waals surface area contributed by atoms with Crippen molar-refractivity contribution in [3.05, 3.63) is 71.9 Å². The molecule has 0 saturated carbocycles. The van der Waals surface area contributed by atoms with Crippen molar-refractivity contribution in [2.75, 3.05) is 0 Å². The fourth-order valence-electron chi connectivity index (χ4n) is 2.90. The Morgan fingerprint density at radius 1 is 1.07 bits per heavy atom. The molecule has 0 saturated heterocycles. The lowest BCUT2D eigenvalue weighted by molar-refractivity contribution is -0.146. The molecule has 27 heavy (non-hydrogen) atoms. The minimum atomic E-state index is -1.08. The summed E-state index contributed by atoms with van der Waals surface area (Å²) >= 11 is 0. The van der Waals surface area contributed by atoms with Crippen LogP contribution in [0, 0.1) is 5.92 Å². The molecule has 1 N–H and O–H groups in total. The SMILES string of the molecule is CCC(=O)C(Cc1ccc(OCc2cnc3ccccc3c2)cc1)C(=O)O. The number of ether oxygens (including phenoxy) is 1. The van der Waals surface area contributed by atoms with Gasteiger partial charge in [-0.3, -0.25) is 14.6 Å². The van der Waals surface area contributed by atoms with Crippen LogP contribution in [0.25, 0.3) is 10.9 Å². The van der Waals surface area contributed by atoms with E-state index in [1.54, 1.807) is 37.4 Å². The van der Waals surface area contributed by atoms with E-state index in [9.17, 15) is 14.7 Å². The molecule has 3 aromatic rings. The lowest BCUT2D eigenvalue weighted by Gasteiger charge is -2.11. The molecule has 0 aliphatic carbocycles. The highest BCUT2D eigenvalue weighted by molar-refractivity contribution is 5.98. The first kappa shape index (κ1) is 18.6. The summed E-state index contributed by atoms with van der Waals surface area (Å²) in [7, 11) is 0. The van der Waals surface area contributed by atoms with Crippen LogP contribution in [0.4, 0.5) is 0 Å². The van der Waals surface area contributed by atoms with E-state index in [0.29, 0.717) is 12.4 Å². The summed E-state index contributed by atoms with van der Waals surface area (Å²) in [5, 5.41) is 10.3. The van der Waals surface area contributed by atoms with E-state index in [-0.39, 0.29) is 18.6 Å². The van der Waals surface area contributed by atoms with Gasteiger partial charge in [0.15, 0.2) is 0 Å². The number of benzene rings is 2. The van der Waals surface area contributed by atoms with Gasteiger partial charge in [0.25, 0.3) is 0 Å². The Kier molecular flexibility index (Phi) is 5.81. The Bertz CT molecular complexity index is 950. The Labute approximate surface area is 157 Å². The normalized spacial score (nSPS) is 11.9. The number of carboxylic acids is 1. The summed E-state index contributed by atoms with van der Waals surface area (Å²) in [5.41, 5.74) is 2.71. The number of fused-ring (bicyclic) bond motifs is 1. The van der Waals surface area contributed by atoms with Crippen molar-refractivity contribution in [2.45, 2.75) is 26.4 Å². The number of hydrogen-bond donors (Lipinski definition) is 1. The highest BCUT2D eigenvalue weighted by Gasteiger charge is 2.24. The molecule has 0 aliphatic heterocycles. The van der Waals surface area contributed by atoms with Crippen LogP contribution in [-0.2, 0) is 22.6 Å². The number of carbonyl (C=O) groups is 2. The number of nitrogens with zero attached hydrogens (tertiary/aromatic N) is 1. The maximum absolute atomic E-state index is 11.8. The first-order valence-corrected chi connectivity index (χ1v) is 8.87. The second kappa shape index (κ2) is 8.45. The molecule has 2 aromatic carbocycles. The van der Waals surface area contributed by atoms with Gasteiger partial charge in [-0.2, -0.15) is 0 Å². The highest BCUT2D eigenvalue weighted by atomic mass is 16.5. The largest absolute Gasteiger partial charge is 0.489 e. The van der Waals surface area contributed by atoms with Crippen molar-refractivity contribution in [1.29, 1.82) is 0 Å². The summed E-state index contributed by atoms with van der Waals surface area (Å²) in [4.78, 5) is 27.5. The summed E-state index contributed by atoms with van der Waals surface area (Å²) in [6, 6.07) is 17.1. The van der Waals surface area contributed by atoms with E-state index >= 15 is 0 Å². The summed E-state index contributed by atoms with van der Waals surface area (Å²) in [5.74, 6) is -1.65. The van der Waals surface area contributed by atoms with E-state index in [1.807, 2.05) is 30.3 Å². The molecule has 3 rings (SSSR count). The van der Waals surface area contributed by atoms with Crippen LogP contribution in [0.2, 0.25) is 0 Å². The smallest absolute Gasteiger partial charge is 0.314 e.